The third kappa shape index (κ3) is 1.82. The second-order valence-corrected chi connectivity index (χ2v) is 3.88. The van der Waals surface area contributed by atoms with Crippen LogP contribution in [0.2, 0.25) is 0 Å². The molecule has 1 atom stereocenters. The summed E-state index contributed by atoms with van der Waals surface area (Å²) in [5.41, 5.74) is 0. The summed E-state index contributed by atoms with van der Waals surface area (Å²) in [4.78, 5) is 18.3. The Labute approximate surface area is 95.5 Å². The van der Waals surface area contributed by atoms with Gasteiger partial charge in [0.25, 0.3) is 0 Å². The summed E-state index contributed by atoms with van der Waals surface area (Å²) in [6.45, 7) is 7.19. The van der Waals surface area contributed by atoms with Gasteiger partial charge in [-0.2, -0.15) is 0 Å². The highest BCUT2D eigenvalue weighted by Gasteiger charge is 2.29. The minimum absolute atomic E-state index is 0.122. The second-order valence-electron chi connectivity index (χ2n) is 3.88. The summed E-state index contributed by atoms with van der Waals surface area (Å²) >= 11 is 0. The molecule has 5 heteroatoms. The number of nitrogens with zero attached hydrogens (tertiary/aromatic N) is 3. The van der Waals surface area contributed by atoms with Crippen molar-refractivity contribution in [1.82, 2.24) is 19.8 Å². The zero-order chi connectivity index (χ0) is 11.5. The number of carbonyl (C=O) groups excluding carboxylic acids is 1. The van der Waals surface area contributed by atoms with Crippen LogP contribution in [0.1, 0.15) is 25.7 Å². The topological polar surface area (TPSA) is 50.2 Å². The van der Waals surface area contributed by atoms with Gasteiger partial charge < -0.3 is 9.47 Å². The van der Waals surface area contributed by atoms with Crippen LogP contribution in [0, 0.1) is 0 Å². The van der Waals surface area contributed by atoms with E-state index in [9.17, 15) is 4.79 Å². The average Bonchev–Trinajstić information content (AvgIpc) is 2.78. The lowest BCUT2D eigenvalue weighted by Crippen LogP contribution is -2.45. The van der Waals surface area contributed by atoms with Gasteiger partial charge in [-0.15, -0.1) is 0 Å². The average molecular weight is 222 g/mol. The van der Waals surface area contributed by atoms with E-state index in [0.717, 1.165) is 32.0 Å². The fourth-order valence-electron chi connectivity index (χ4n) is 2.11. The van der Waals surface area contributed by atoms with E-state index in [1.165, 1.54) is 0 Å². The Morgan fingerprint density at radius 3 is 3.06 bits per heavy atom. The lowest BCUT2D eigenvalue weighted by molar-refractivity contribution is -0.133. The maximum Gasteiger partial charge on any atom is 0.247 e. The van der Waals surface area contributed by atoms with E-state index in [-0.39, 0.29) is 11.9 Å². The Kier molecular flexibility index (Phi) is 3.24. The molecule has 0 radical (unpaired) electrons. The van der Waals surface area contributed by atoms with Gasteiger partial charge in [0, 0.05) is 38.6 Å². The van der Waals surface area contributed by atoms with Gasteiger partial charge in [-0.05, 0) is 13.8 Å². The summed E-state index contributed by atoms with van der Waals surface area (Å²) in [6, 6.07) is -0.274. The van der Waals surface area contributed by atoms with Crippen molar-refractivity contribution in [3.05, 3.63) is 18.2 Å². The first kappa shape index (κ1) is 11.1. The van der Waals surface area contributed by atoms with Gasteiger partial charge in [-0.3, -0.25) is 10.1 Å². The molecule has 1 aromatic rings. The Balaban J connectivity index is 2.21. The molecule has 0 unspecified atom stereocenters. The number of carbonyl (C=O) groups is 1. The molecular formula is C11H18N4O. The summed E-state index contributed by atoms with van der Waals surface area (Å²) in [5, 5.41) is 3.24. The number of imidazole rings is 1. The molecule has 0 saturated heterocycles. The number of hydrogen-bond acceptors (Lipinski definition) is 3. The van der Waals surface area contributed by atoms with E-state index < -0.39 is 0 Å². The van der Waals surface area contributed by atoms with Crippen LogP contribution in [0.25, 0.3) is 0 Å². The van der Waals surface area contributed by atoms with Crippen molar-refractivity contribution >= 4 is 5.91 Å². The van der Waals surface area contributed by atoms with Gasteiger partial charge >= 0.3 is 0 Å². The first-order chi connectivity index (χ1) is 7.77. The minimum Gasteiger partial charge on any atom is -0.341 e. The zero-order valence-electron chi connectivity index (χ0n) is 9.81. The van der Waals surface area contributed by atoms with Crippen LogP contribution in [0.3, 0.4) is 0 Å². The highest BCUT2D eigenvalue weighted by atomic mass is 16.2. The van der Waals surface area contributed by atoms with E-state index >= 15 is 0 Å². The fourth-order valence-corrected chi connectivity index (χ4v) is 2.11. The third-order valence-corrected chi connectivity index (χ3v) is 3.03. The molecular weight excluding hydrogens is 204 g/mol. The highest BCUT2D eigenvalue weighted by molar-refractivity contribution is 5.82. The second kappa shape index (κ2) is 4.65. The molecule has 0 aromatic carbocycles. The van der Waals surface area contributed by atoms with Crippen LogP contribution in [0.15, 0.2) is 12.4 Å². The maximum atomic E-state index is 12.2. The highest BCUT2D eigenvalue weighted by Crippen LogP contribution is 2.17. The minimum atomic E-state index is -0.274. The quantitative estimate of drug-likeness (QED) is 0.805. The normalized spacial score (nSPS) is 19.2. The van der Waals surface area contributed by atoms with Crippen molar-refractivity contribution in [2.24, 2.45) is 0 Å². The van der Waals surface area contributed by atoms with E-state index in [4.69, 9.17) is 0 Å². The number of rotatable bonds is 3. The van der Waals surface area contributed by atoms with Crippen LogP contribution >= 0.6 is 0 Å². The van der Waals surface area contributed by atoms with E-state index in [0.29, 0.717) is 0 Å². The van der Waals surface area contributed by atoms with Crippen molar-refractivity contribution < 1.29 is 4.79 Å². The van der Waals surface area contributed by atoms with Gasteiger partial charge in [-0.25, -0.2) is 4.98 Å². The lowest BCUT2D eigenvalue weighted by atomic mass is 10.2. The standard InChI is InChI=1S/C11H18N4O/c1-3-14(4-2)11(16)9-10-13-6-8-15(10)7-5-12-9/h6,8-9,12H,3-5,7H2,1-2H3/t9-/m0/s1. The molecule has 0 bridgehead atoms. The molecule has 1 aromatic heterocycles. The van der Waals surface area contributed by atoms with Crippen LogP contribution in [0.5, 0.6) is 0 Å². The number of fused-ring (bicyclic) bond motifs is 1. The maximum absolute atomic E-state index is 12.2. The predicted octanol–water partition coefficient (Wildman–Crippen LogP) is 0.396. The summed E-state index contributed by atoms with van der Waals surface area (Å²) in [7, 11) is 0. The van der Waals surface area contributed by atoms with E-state index in [1.807, 2.05) is 29.5 Å². The Morgan fingerprint density at radius 1 is 1.62 bits per heavy atom. The van der Waals surface area contributed by atoms with Gasteiger partial charge in [0.1, 0.15) is 11.9 Å². The molecule has 16 heavy (non-hydrogen) atoms. The van der Waals surface area contributed by atoms with Gasteiger partial charge in [0.05, 0.1) is 0 Å². The molecule has 5 nitrogen and oxygen atoms in total. The summed E-state index contributed by atoms with van der Waals surface area (Å²) in [6.07, 6.45) is 3.68. The first-order valence-electron chi connectivity index (χ1n) is 5.81. The first-order valence-corrected chi connectivity index (χ1v) is 5.81. The monoisotopic (exact) mass is 222 g/mol. The van der Waals surface area contributed by atoms with E-state index in [2.05, 4.69) is 10.3 Å². The molecule has 88 valence electrons. The number of amides is 1. The molecule has 2 rings (SSSR count). The van der Waals surface area contributed by atoms with Gasteiger partial charge in [0.2, 0.25) is 5.91 Å². The molecule has 1 aliphatic rings. The zero-order valence-corrected chi connectivity index (χ0v) is 9.81. The molecule has 0 fully saturated rings. The number of hydrogen-bond donors (Lipinski definition) is 1. The van der Waals surface area contributed by atoms with Crippen molar-refractivity contribution in [3.8, 4) is 0 Å². The predicted molar refractivity (Wildman–Crippen MR) is 60.9 cm³/mol. The SMILES string of the molecule is CCN(CC)C(=O)[C@H]1NCCn2ccnc21. The molecule has 0 saturated carbocycles. The lowest BCUT2D eigenvalue weighted by Gasteiger charge is -2.29. The summed E-state index contributed by atoms with van der Waals surface area (Å²) in [5.74, 6) is 0.959. The third-order valence-electron chi connectivity index (χ3n) is 3.03. The number of nitrogens with one attached hydrogen (secondary N) is 1. The molecule has 1 aliphatic heterocycles. The largest absolute Gasteiger partial charge is 0.341 e. The summed E-state index contributed by atoms with van der Waals surface area (Å²) < 4.78 is 2.04. The van der Waals surface area contributed by atoms with Crippen molar-refractivity contribution in [3.63, 3.8) is 0 Å². The van der Waals surface area contributed by atoms with E-state index in [1.54, 1.807) is 6.20 Å². The smallest absolute Gasteiger partial charge is 0.247 e. The molecule has 0 aliphatic carbocycles. The van der Waals surface area contributed by atoms with Gasteiger partial charge in [-0.1, -0.05) is 0 Å². The number of likely N-dealkylation sites (N-methyl/N-ethyl adjacent to an activating group) is 1. The molecule has 2 heterocycles. The van der Waals surface area contributed by atoms with Crippen LogP contribution in [-0.2, 0) is 11.3 Å². The Hall–Kier alpha value is -1.36. The van der Waals surface area contributed by atoms with Crippen molar-refractivity contribution in [1.29, 1.82) is 0 Å². The fraction of sp³-hybridized carbons (Fsp3) is 0.636. The van der Waals surface area contributed by atoms with Crippen LogP contribution < -0.4 is 5.32 Å². The number of aromatic nitrogens is 2. The van der Waals surface area contributed by atoms with Crippen molar-refractivity contribution in [2.45, 2.75) is 26.4 Å². The van der Waals surface area contributed by atoms with Crippen LogP contribution in [0.4, 0.5) is 0 Å². The molecule has 1 amide bonds. The Morgan fingerprint density at radius 2 is 2.38 bits per heavy atom. The molecule has 1 N–H and O–H groups in total. The van der Waals surface area contributed by atoms with Crippen LogP contribution in [-0.4, -0.2) is 40.0 Å². The molecule has 0 spiro atoms. The van der Waals surface area contributed by atoms with Gasteiger partial charge in [0.15, 0.2) is 0 Å². The van der Waals surface area contributed by atoms with Crippen molar-refractivity contribution in [2.75, 3.05) is 19.6 Å². The Bertz CT molecular complexity index is 370.